The summed E-state index contributed by atoms with van der Waals surface area (Å²) in [6.45, 7) is -0.654. The van der Waals surface area contributed by atoms with Crippen molar-refractivity contribution in [3.8, 4) is 0 Å². The number of anilines is 1. The summed E-state index contributed by atoms with van der Waals surface area (Å²) >= 11 is 5.79. The van der Waals surface area contributed by atoms with Crippen LogP contribution in [0.25, 0.3) is 6.08 Å². The Hall–Kier alpha value is -3.33. The second-order valence-electron chi connectivity index (χ2n) is 6.06. The van der Waals surface area contributed by atoms with Gasteiger partial charge in [0.15, 0.2) is 0 Å². The zero-order chi connectivity index (χ0) is 21.2. The molecule has 0 bridgehead atoms. The van der Waals surface area contributed by atoms with E-state index in [-0.39, 0.29) is 11.4 Å². The number of imide groups is 1. The lowest BCUT2D eigenvalue weighted by Gasteiger charge is -2.13. The van der Waals surface area contributed by atoms with Crippen LogP contribution in [-0.4, -0.2) is 29.3 Å². The fourth-order valence-corrected chi connectivity index (χ4v) is 2.68. The quantitative estimate of drug-likeness (QED) is 0.578. The van der Waals surface area contributed by atoms with Gasteiger partial charge >= 0.3 is 12.2 Å². The van der Waals surface area contributed by atoms with Crippen molar-refractivity contribution in [2.75, 3.05) is 11.9 Å². The van der Waals surface area contributed by atoms with Crippen LogP contribution in [0, 0.1) is 0 Å². The Kier molecular flexibility index (Phi) is 5.60. The number of carbonyl (C=O) groups excluding carboxylic acids is 3. The first-order valence-corrected chi connectivity index (χ1v) is 8.58. The first kappa shape index (κ1) is 20.4. The largest absolute Gasteiger partial charge is 0.416 e. The van der Waals surface area contributed by atoms with Crippen molar-refractivity contribution < 1.29 is 27.6 Å². The van der Waals surface area contributed by atoms with E-state index >= 15 is 0 Å². The maximum atomic E-state index is 12.7. The molecule has 6 nitrogen and oxygen atoms in total. The van der Waals surface area contributed by atoms with Crippen molar-refractivity contribution in [1.82, 2.24) is 10.2 Å². The van der Waals surface area contributed by atoms with E-state index in [4.69, 9.17) is 11.6 Å². The summed E-state index contributed by atoms with van der Waals surface area (Å²) in [7, 11) is 0. The molecule has 0 spiro atoms. The van der Waals surface area contributed by atoms with Crippen molar-refractivity contribution in [1.29, 1.82) is 0 Å². The van der Waals surface area contributed by atoms with Gasteiger partial charge in [-0.05, 0) is 42.0 Å². The van der Waals surface area contributed by atoms with Crippen molar-refractivity contribution in [2.24, 2.45) is 0 Å². The monoisotopic (exact) mass is 423 g/mol. The Morgan fingerprint density at radius 2 is 1.83 bits per heavy atom. The van der Waals surface area contributed by atoms with Gasteiger partial charge in [0.25, 0.3) is 5.91 Å². The third-order valence-electron chi connectivity index (χ3n) is 3.92. The molecule has 0 unspecified atom stereocenters. The Morgan fingerprint density at radius 3 is 2.48 bits per heavy atom. The van der Waals surface area contributed by atoms with E-state index in [1.165, 1.54) is 12.1 Å². The number of hydrogen-bond acceptors (Lipinski definition) is 3. The van der Waals surface area contributed by atoms with Crippen LogP contribution in [0.2, 0.25) is 5.02 Å². The van der Waals surface area contributed by atoms with Crippen molar-refractivity contribution >= 4 is 41.2 Å². The van der Waals surface area contributed by atoms with Gasteiger partial charge in [-0.3, -0.25) is 9.59 Å². The zero-order valence-electron chi connectivity index (χ0n) is 14.6. The molecule has 2 aromatic carbocycles. The molecule has 0 aliphatic carbocycles. The SMILES string of the molecule is O=C(CN1C(=O)N/C(=C/c2ccc(Cl)cc2)C1=O)Nc1cccc(C(F)(F)F)c1. The van der Waals surface area contributed by atoms with E-state index in [9.17, 15) is 27.6 Å². The van der Waals surface area contributed by atoms with Crippen LogP contribution in [0.15, 0.2) is 54.2 Å². The summed E-state index contributed by atoms with van der Waals surface area (Å²) in [5.74, 6) is -1.55. The predicted octanol–water partition coefficient (Wildman–Crippen LogP) is 3.89. The molecule has 0 radical (unpaired) electrons. The van der Waals surface area contributed by atoms with Crippen LogP contribution < -0.4 is 10.6 Å². The van der Waals surface area contributed by atoms with Crippen LogP contribution >= 0.6 is 11.6 Å². The lowest BCUT2D eigenvalue weighted by atomic mass is 10.2. The highest BCUT2D eigenvalue weighted by molar-refractivity contribution is 6.30. The van der Waals surface area contributed by atoms with Crippen LogP contribution in [-0.2, 0) is 15.8 Å². The van der Waals surface area contributed by atoms with Crippen LogP contribution in [0.5, 0.6) is 0 Å². The van der Waals surface area contributed by atoms with Crippen LogP contribution in [0.4, 0.5) is 23.7 Å². The molecule has 2 aromatic rings. The molecule has 0 atom stereocenters. The van der Waals surface area contributed by atoms with E-state index in [1.807, 2.05) is 0 Å². The number of benzene rings is 2. The molecule has 1 saturated heterocycles. The normalized spacial score (nSPS) is 15.6. The topological polar surface area (TPSA) is 78.5 Å². The van der Waals surface area contributed by atoms with Gasteiger partial charge in [-0.1, -0.05) is 29.8 Å². The highest BCUT2D eigenvalue weighted by atomic mass is 35.5. The summed E-state index contributed by atoms with van der Waals surface area (Å²) in [4.78, 5) is 37.2. The molecule has 29 heavy (non-hydrogen) atoms. The zero-order valence-corrected chi connectivity index (χ0v) is 15.3. The molecule has 10 heteroatoms. The minimum atomic E-state index is -4.56. The number of carbonyl (C=O) groups is 3. The molecule has 1 aliphatic rings. The summed E-state index contributed by atoms with van der Waals surface area (Å²) in [5.41, 5.74) is -0.468. The van der Waals surface area contributed by atoms with E-state index in [0.717, 1.165) is 18.2 Å². The lowest BCUT2D eigenvalue weighted by Crippen LogP contribution is -2.38. The average Bonchev–Trinajstić information content (AvgIpc) is 2.90. The fraction of sp³-hybridized carbons (Fsp3) is 0.105. The molecule has 0 aromatic heterocycles. The number of urea groups is 1. The molecule has 3 rings (SSSR count). The van der Waals surface area contributed by atoms with E-state index < -0.39 is 36.1 Å². The number of rotatable bonds is 4. The molecule has 0 saturated carbocycles. The summed E-state index contributed by atoms with van der Waals surface area (Å²) < 4.78 is 38.2. The van der Waals surface area contributed by atoms with Crippen molar-refractivity contribution in [2.45, 2.75) is 6.18 Å². The number of alkyl halides is 3. The van der Waals surface area contributed by atoms with Gasteiger partial charge < -0.3 is 10.6 Å². The van der Waals surface area contributed by atoms with Gasteiger partial charge in [0, 0.05) is 10.7 Å². The third kappa shape index (κ3) is 4.94. The summed E-state index contributed by atoms with van der Waals surface area (Å²) in [6.07, 6.45) is -3.14. The smallest absolute Gasteiger partial charge is 0.325 e. The highest BCUT2D eigenvalue weighted by Crippen LogP contribution is 2.30. The molecule has 1 fully saturated rings. The van der Waals surface area contributed by atoms with E-state index in [0.29, 0.717) is 15.5 Å². The molecule has 2 N–H and O–H groups in total. The standard InChI is InChI=1S/C19H13ClF3N3O3/c20-13-6-4-11(5-7-13)8-15-17(28)26(18(29)25-15)10-16(27)24-14-3-1-2-12(9-14)19(21,22)23/h1-9H,10H2,(H,24,27)(H,25,29)/b15-8+. The molecule has 4 amide bonds. The van der Waals surface area contributed by atoms with Crippen molar-refractivity contribution in [3.05, 3.63) is 70.4 Å². The van der Waals surface area contributed by atoms with Gasteiger partial charge in [-0.2, -0.15) is 13.2 Å². The maximum Gasteiger partial charge on any atom is 0.416 e. The molecule has 1 heterocycles. The van der Waals surface area contributed by atoms with Gasteiger partial charge in [-0.25, -0.2) is 9.69 Å². The average molecular weight is 424 g/mol. The maximum absolute atomic E-state index is 12.7. The predicted molar refractivity (Wildman–Crippen MR) is 99.7 cm³/mol. The minimum absolute atomic E-state index is 0.0378. The van der Waals surface area contributed by atoms with Crippen LogP contribution in [0.3, 0.4) is 0 Å². The summed E-state index contributed by atoms with van der Waals surface area (Å²) in [5, 5.41) is 5.10. The second-order valence-corrected chi connectivity index (χ2v) is 6.49. The minimum Gasteiger partial charge on any atom is -0.325 e. The van der Waals surface area contributed by atoms with Gasteiger partial charge in [0.1, 0.15) is 12.2 Å². The Bertz CT molecular complexity index is 1000. The number of hydrogen-bond donors (Lipinski definition) is 2. The van der Waals surface area contributed by atoms with E-state index in [2.05, 4.69) is 10.6 Å². The Labute approximate surface area is 167 Å². The molecular formula is C19H13ClF3N3O3. The van der Waals surface area contributed by atoms with Gasteiger partial charge in [0.2, 0.25) is 5.91 Å². The van der Waals surface area contributed by atoms with Gasteiger partial charge in [0.05, 0.1) is 5.56 Å². The number of halogens is 4. The lowest BCUT2D eigenvalue weighted by molar-refractivity contribution is -0.137. The molecule has 1 aliphatic heterocycles. The van der Waals surface area contributed by atoms with Gasteiger partial charge in [-0.15, -0.1) is 0 Å². The first-order chi connectivity index (χ1) is 13.6. The number of nitrogens with zero attached hydrogens (tertiary/aromatic N) is 1. The van der Waals surface area contributed by atoms with Crippen molar-refractivity contribution in [3.63, 3.8) is 0 Å². The first-order valence-electron chi connectivity index (χ1n) is 8.21. The Balaban J connectivity index is 1.68. The molecule has 150 valence electrons. The summed E-state index contributed by atoms with van der Waals surface area (Å²) in [6, 6.07) is 9.70. The van der Waals surface area contributed by atoms with Crippen LogP contribution in [0.1, 0.15) is 11.1 Å². The Morgan fingerprint density at radius 1 is 1.14 bits per heavy atom. The highest BCUT2D eigenvalue weighted by Gasteiger charge is 2.35. The third-order valence-corrected chi connectivity index (χ3v) is 4.17. The molecular weight excluding hydrogens is 411 g/mol. The van der Waals surface area contributed by atoms with E-state index in [1.54, 1.807) is 24.3 Å². The number of nitrogens with one attached hydrogen (secondary N) is 2. The number of amides is 4. The fourth-order valence-electron chi connectivity index (χ4n) is 2.56. The second kappa shape index (κ2) is 7.96.